The maximum atomic E-state index is 13.5. The molecule has 3 heterocycles. The molecule has 0 radical (unpaired) electrons. The highest BCUT2D eigenvalue weighted by Crippen LogP contribution is 2.40. The zero-order valence-corrected chi connectivity index (χ0v) is 62.0. The number of anilines is 2. The number of fused-ring (bicyclic) bond motifs is 3. The predicted octanol–water partition coefficient (Wildman–Crippen LogP) is 21.3. The quantitative estimate of drug-likeness (QED) is 0.0125. The Morgan fingerprint density at radius 2 is 0.707 bits per heavy atom. The van der Waals surface area contributed by atoms with E-state index in [1.165, 1.54) is 12.1 Å². The highest BCUT2D eigenvalue weighted by Gasteiger charge is 2.27. The topological polar surface area (TPSA) is 231 Å². The highest BCUT2D eigenvalue weighted by molar-refractivity contribution is 14.1. The molecule has 0 amide bonds. The molecule has 0 aliphatic rings. The Labute approximate surface area is 617 Å². The molecular formula is C81H70Br2I2N2O12. The number of hydrogen-bond donors (Lipinski definition) is 5. The van der Waals surface area contributed by atoms with Gasteiger partial charge in [0.25, 0.3) is 0 Å². The number of phenolic OH excluding ortho intramolecular Hbond substituents is 3. The fraction of sp³-hybridized carbons (Fsp3) is 0.148. The van der Waals surface area contributed by atoms with Gasteiger partial charge in [-0.15, -0.1) is 0 Å². The van der Waals surface area contributed by atoms with Gasteiger partial charge in [0.05, 0.1) is 44.2 Å². The summed E-state index contributed by atoms with van der Waals surface area (Å²) >= 11 is 10.7. The number of ketones is 3. The van der Waals surface area contributed by atoms with Crippen LogP contribution in [0, 0.1) is 7.14 Å². The van der Waals surface area contributed by atoms with Crippen LogP contribution in [0.4, 0.5) is 11.4 Å². The Bertz CT molecular complexity index is 4460. The molecule has 0 bridgehead atoms. The first-order valence-corrected chi connectivity index (χ1v) is 35.6. The summed E-state index contributed by atoms with van der Waals surface area (Å²) in [6.07, 6.45) is 6.17. The molecule has 0 aliphatic heterocycles. The molecule has 0 spiro atoms. The molecule has 18 heteroatoms. The van der Waals surface area contributed by atoms with Crippen molar-refractivity contribution < 1.29 is 57.2 Å². The number of halogens is 4. The Hall–Kier alpha value is -9.35. The van der Waals surface area contributed by atoms with Crippen LogP contribution in [0.25, 0.3) is 32.9 Å². The van der Waals surface area contributed by atoms with Crippen molar-refractivity contribution in [2.24, 2.45) is 0 Å². The van der Waals surface area contributed by atoms with Crippen molar-refractivity contribution in [3.63, 3.8) is 0 Å². The van der Waals surface area contributed by atoms with E-state index in [2.05, 4.69) is 58.5 Å². The van der Waals surface area contributed by atoms with Crippen molar-refractivity contribution in [3.05, 3.63) is 302 Å². The van der Waals surface area contributed by atoms with Gasteiger partial charge in [-0.05, 0) is 186 Å². The Morgan fingerprint density at radius 1 is 0.414 bits per heavy atom. The minimum absolute atomic E-state index is 0.0508. The van der Waals surface area contributed by atoms with Gasteiger partial charge >= 0.3 is 0 Å². The van der Waals surface area contributed by atoms with E-state index in [0.29, 0.717) is 162 Å². The molecule has 3 aromatic heterocycles. The first-order valence-electron chi connectivity index (χ1n) is 31.8. The van der Waals surface area contributed by atoms with Crippen LogP contribution in [0.3, 0.4) is 0 Å². The number of carbonyl (C=O) groups is 3. The van der Waals surface area contributed by atoms with Gasteiger partial charge in [0.15, 0.2) is 23.1 Å². The highest BCUT2D eigenvalue weighted by atomic mass is 127. The zero-order chi connectivity index (χ0) is 70.6. The predicted molar refractivity (Wildman–Crippen MR) is 415 cm³/mol. The van der Waals surface area contributed by atoms with Crippen LogP contribution in [0.5, 0.6) is 34.5 Å². The molecular weight excluding hydrogens is 1610 g/mol. The number of benzene rings is 9. The van der Waals surface area contributed by atoms with Crippen LogP contribution in [0.1, 0.15) is 122 Å². The molecule has 504 valence electrons. The molecule has 0 saturated heterocycles. The van der Waals surface area contributed by atoms with E-state index in [0.717, 1.165) is 46.7 Å². The second kappa shape index (κ2) is 33.0. The molecule has 7 N–H and O–H groups in total. The molecule has 12 aromatic rings. The van der Waals surface area contributed by atoms with Crippen molar-refractivity contribution in [3.8, 4) is 34.5 Å². The smallest absolute Gasteiger partial charge is 0.197 e. The molecule has 0 unspecified atom stereocenters. The van der Waals surface area contributed by atoms with Crippen LogP contribution in [-0.4, -0.2) is 32.7 Å². The molecule has 0 fully saturated rings. The third kappa shape index (κ3) is 17.6. The van der Waals surface area contributed by atoms with Crippen molar-refractivity contribution in [2.75, 3.05) is 11.5 Å². The second-order valence-corrected chi connectivity index (χ2v) is 27.4. The van der Waals surface area contributed by atoms with Gasteiger partial charge in [0, 0.05) is 89.6 Å². The second-order valence-electron chi connectivity index (χ2n) is 23.4. The number of phenols is 3. The fourth-order valence-corrected chi connectivity index (χ4v) is 14.2. The number of nitrogen functional groups attached to an aromatic ring is 2. The summed E-state index contributed by atoms with van der Waals surface area (Å²) in [5.74, 6) is 5.01. The van der Waals surface area contributed by atoms with Gasteiger partial charge < -0.3 is 54.2 Å². The van der Waals surface area contributed by atoms with E-state index < -0.39 is 0 Å². The summed E-state index contributed by atoms with van der Waals surface area (Å²) in [6.45, 7) is 18.2. The van der Waals surface area contributed by atoms with E-state index in [1.54, 1.807) is 42.5 Å². The van der Waals surface area contributed by atoms with Gasteiger partial charge in [-0.1, -0.05) is 132 Å². The number of aryl methyl sites for hydroxylation is 3. The first-order chi connectivity index (χ1) is 47.6. The summed E-state index contributed by atoms with van der Waals surface area (Å²) in [7, 11) is 0. The third-order valence-electron chi connectivity index (χ3n) is 15.8. The van der Waals surface area contributed by atoms with Crippen LogP contribution >= 0.6 is 77.0 Å². The number of rotatable bonds is 24. The fourth-order valence-electron chi connectivity index (χ4n) is 11.2. The Balaban J connectivity index is 0.000000161. The average molecular weight is 1680 g/mol. The maximum absolute atomic E-state index is 13.5. The lowest BCUT2D eigenvalue weighted by molar-refractivity contribution is 0.103. The average Bonchev–Trinajstić information content (AvgIpc) is 1.66. The number of ether oxygens (including phenoxy) is 3. The molecule has 0 aliphatic carbocycles. The lowest BCUT2D eigenvalue weighted by atomic mass is 9.97. The minimum Gasteiger partial charge on any atom is -0.506 e. The molecule has 0 saturated carbocycles. The lowest BCUT2D eigenvalue weighted by Crippen LogP contribution is -2.06. The van der Waals surface area contributed by atoms with Crippen molar-refractivity contribution in [1.82, 2.24) is 0 Å². The van der Waals surface area contributed by atoms with Gasteiger partial charge in [0.2, 0.25) is 0 Å². The van der Waals surface area contributed by atoms with Crippen molar-refractivity contribution in [2.45, 2.75) is 78.6 Å². The monoisotopic (exact) mass is 1670 g/mol. The van der Waals surface area contributed by atoms with Crippen molar-refractivity contribution in [1.29, 1.82) is 0 Å². The van der Waals surface area contributed by atoms with E-state index in [1.807, 2.05) is 186 Å². The summed E-state index contributed by atoms with van der Waals surface area (Å²) < 4.78 is 38.3. The van der Waals surface area contributed by atoms with Crippen LogP contribution in [0.15, 0.2) is 241 Å². The number of carbonyl (C=O) groups excluding carboxylic acids is 3. The SMILES string of the molecule is C=C(Cc1ccccc1)Oc1ccc2c(C(=O)c3cc(Br)c(O)c(Br)c3)c(CCC)oc2c1.C=C(Cc1ccccc1)Oc1ccc2c(C(=O)c3cc(I)c(O)c(I)c3)c(CCC)oc2c1.C=C(Cc1ccccc1)Oc1ccc2c(C(=O)c3cc(N)c(O)c(N)c3)c(CCC)oc2c1. The zero-order valence-electron chi connectivity index (χ0n) is 54.5. The lowest BCUT2D eigenvalue weighted by Gasteiger charge is -2.09. The van der Waals surface area contributed by atoms with E-state index >= 15 is 0 Å². The first kappa shape index (κ1) is 72.4. The molecule has 0 atom stereocenters. The van der Waals surface area contributed by atoms with Crippen LogP contribution < -0.4 is 25.7 Å². The summed E-state index contributed by atoms with van der Waals surface area (Å²) in [4.78, 5) is 40.4. The third-order valence-corrected chi connectivity index (χ3v) is 18.7. The Morgan fingerprint density at radius 3 is 1.01 bits per heavy atom. The van der Waals surface area contributed by atoms with Crippen molar-refractivity contribution >= 4 is 139 Å². The molecule has 9 aromatic carbocycles. The largest absolute Gasteiger partial charge is 0.506 e. The molecule has 99 heavy (non-hydrogen) atoms. The number of furan rings is 3. The maximum Gasteiger partial charge on any atom is 0.197 e. The van der Waals surface area contributed by atoms with Gasteiger partial charge in [-0.2, -0.15) is 0 Å². The number of nitrogens with two attached hydrogens (primary N) is 2. The van der Waals surface area contributed by atoms with Gasteiger partial charge in [-0.3, -0.25) is 14.4 Å². The van der Waals surface area contributed by atoms with Gasteiger partial charge in [0.1, 0.15) is 80.1 Å². The van der Waals surface area contributed by atoms with Crippen LogP contribution in [-0.2, 0) is 38.5 Å². The van der Waals surface area contributed by atoms with Gasteiger partial charge in [-0.25, -0.2) is 0 Å². The molecule has 14 nitrogen and oxygen atoms in total. The normalized spacial score (nSPS) is 11.0. The van der Waals surface area contributed by atoms with E-state index in [-0.39, 0.29) is 46.0 Å². The summed E-state index contributed by atoms with van der Waals surface area (Å²) in [6, 6.07) is 55.8. The summed E-state index contributed by atoms with van der Waals surface area (Å²) in [5, 5.41) is 32.1. The minimum atomic E-state index is -0.266. The number of allylic oxidation sites excluding steroid dienone is 3. The van der Waals surface area contributed by atoms with E-state index in [4.69, 9.17) is 38.9 Å². The standard InChI is InChI=1S/C27H22Br2O4.C27H22I2O4.C27H26N2O4/c3*1-3-7-23-25(26(30)18-13-21(28)27(31)22(29)14-18)20-11-10-19(15-24(20)33-23)32-16(2)12-17-8-5-4-6-9-17/h2*4-6,8-11,13-15,31H,2-3,7,12H2,1H3;4-6,8-11,13-15,31H,2-3,7,12,28-29H2,1H3. The van der Waals surface area contributed by atoms with Crippen LogP contribution in [0.2, 0.25) is 0 Å². The Kier molecular flexibility index (Phi) is 24.1. The van der Waals surface area contributed by atoms with E-state index in [9.17, 15) is 29.7 Å². The number of hydrogen-bond acceptors (Lipinski definition) is 14. The number of aromatic hydroxyl groups is 3. The summed E-state index contributed by atoms with van der Waals surface area (Å²) in [5.41, 5.74) is 19.6. The molecule has 12 rings (SSSR count).